The van der Waals surface area contributed by atoms with Gasteiger partial charge in [-0.1, -0.05) is 29.5 Å². The van der Waals surface area contributed by atoms with Crippen LogP contribution < -0.4 is 10.6 Å². The number of rotatable bonds is 8. The number of carbonyl (C=O) groups excluding carboxylic acids is 2. The Morgan fingerprint density at radius 3 is 2.63 bits per heavy atom. The molecule has 2 amide bonds. The molecule has 0 spiro atoms. The lowest BCUT2D eigenvalue weighted by molar-refractivity contribution is -0.113. The van der Waals surface area contributed by atoms with Gasteiger partial charge >= 0.3 is 0 Å². The lowest BCUT2D eigenvalue weighted by Gasteiger charge is -2.15. The Labute approximate surface area is 178 Å². The van der Waals surface area contributed by atoms with E-state index in [0.717, 1.165) is 5.56 Å². The maximum Gasteiger partial charge on any atom is 0.251 e. The van der Waals surface area contributed by atoms with Crippen molar-refractivity contribution in [1.82, 2.24) is 30.0 Å². The van der Waals surface area contributed by atoms with Crippen LogP contribution in [0.2, 0.25) is 0 Å². The van der Waals surface area contributed by atoms with E-state index in [1.807, 2.05) is 43.5 Å². The first-order valence-electron chi connectivity index (χ1n) is 9.48. The summed E-state index contributed by atoms with van der Waals surface area (Å²) < 4.78 is 1.89. The quantitative estimate of drug-likeness (QED) is 0.533. The molecule has 1 atom stereocenters. The Kier molecular flexibility index (Phi) is 7.12. The number of nitrogens with zero attached hydrogens (tertiary/aromatic N) is 5. The summed E-state index contributed by atoms with van der Waals surface area (Å²) in [5, 5.41) is 14.6. The molecular weight excluding hydrogens is 402 g/mol. The first-order valence-corrected chi connectivity index (χ1v) is 10.5. The molecule has 2 N–H and O–H groups in total. The van der Waals surface area contributed by atoms with Crippen molar-refractivity contribution < 1.29 is 9.59 Å². The number of carbonyl (C=O) groups is 2. The van der Waals surface area contributed by atoms with Gasteiger partial charge < -0.3 is 9.88 Å². The van der Waals surface area contributed by atoms with Gasteiger partial charge in [-0.2, -0.15) is 0 Å². The summed E-state index contributed by atoms with van der Waals surface area (Å²) in [7, 11) is 0. The molecule has 0 aliphatic rings. The Hall–Kier alpha value is -3.27. The predicted molar refractivity (Wildman–Crippen MR) is 114 cm³/mol. The average Bonchev–Trinajstić information content (AvgIpc) is 3.16. The van der Waals surface area contributed by atoms with Crippen LogP contribution in [0.3, 0.4) is 0 Å². The van der Waals surface area contributed by atoms with Crippen molar-refractivity contribution in [3.63, 3.8) is 0 Å². The second kappa shape index (κ2) is 9.97. The number of amides is 2. The van der Waals surface area contributed by atoms with E-state index in [-0.39, 0.29) is 29.6 Å². The van der Waals surface area contributed by atoms with Gasteiger partial charge in [-0.15, -0.1) is 10.2 Å². The minimum Gasteiger partial charge on any atom is -0.342 e. The molecule has 0 aliphatic heterocycles. The number of hydrogen-bond donors (Lipinski definition) is 2. The van der Waals surface area contributed by atoms with Crippen molar-refractivity contribution >= 4 is 29.5 Å². The first kappa shape index (κ1) is 21.4. The lowest BCUT2D eigenvalue weighted by atomic mass is 10.1. The number of aryl methyl sites for hydroxylation is 1. The van der Waals surface area contributed by atoms with Gasteiger partial charge in [0.1, 0.15) is 0 Å². The zero-order valence-corrected chi connectivity index (χ0v) is 17.8. The minimum absolute atomic E-state index is 0.139. The second-order valence-electron chi connectivity index (χ2n) is 6.56. The molecule has 9 nitrogen and oxygen atoms in total. The molecule has 0 saturated carbocycles. The van der Waals surface area contributed by atoms with Crippen LogP contribution in [0, 0.1) is 6.92 Å². The molecule has 3 aromatic rings. The van der Waals surface area contributed by atoms with Crippen LogP contribution >= 0.6 is 11.8 Å². The minimum atomic E-state index is -0.341. The van der Waals surface area contributed by atoms with Gasteiger partial charge in [-0.05, 0) is 39.0 Å². The lowest BCUT2D eigenvalue weighted by Crippen LogP contribution is -2.28. The Bertz CT molecular complexity index is 1020. The van der Waals surface area contributed by atoms with Gasteiger partial charge in [0.15, 0.2) is 11.0 Å². The number of aromatic nitrogens is 5. The zero-order valence-electron chi connectivity index (χ0n) is 17.0. The predicted octanol–water partition coefficient (Wildman–Crippen LogP) is 2.62. The van der Waals surface area contributed by atoms with E-state index >= 15 is 0 Å². The molecule has 0 radical (unpaired) electrons. The molecule has 3 rings (SSSR count). The van der Waals surface area contributed by atoms with E-state index < -0.39 is 0 Å². The van der Waals surface area contributed by atoms with Crippen molar-refractivity contribution in [3.8, 4) is 0 Å². The molecule has 0 bridgehead atoms. The van der Waals surface area contributed by atoms with Crippen LogP contribution in [0.4, 0.5) is 5.95 Å². The van der Waals surface area contributed by atoms with Gasteiger partial charge in [-0.25, -0.2) is 9.97 Å². The molecule has 0 unspecified atom stereocenters. The number of thioether (sulfide) groups is 1. The number of benzene rings is 1. The van der Waals surface area contributed by atoms with Crippen molar-refractivity contribution in [3.05, 3.63) is 59.7 Å². The molecule has 0 aliphatic carbocycles. The van der Waals surface area contributed by atoms with Gasteiger partial charge in [0.2, 0.25) is 11.9 Å². The fourth-order valence-electron chi connectivity index (χ4n) is 2.81. The van der Waals surface area contributed by atoms with Crippen molar-refractivity contribution in [2.45, 2.75) is 38.5 Å². The van der Waals surface area contributed by atoms with E-state index in [4.69, 9.17) is 0 Å². The number of nitrogens with one attached hydrogen (secondary N) is 2. The highest BCUT2D eigenvalue weighted by atomic mass is 32.2. The van der Waals surface area contributed by atoms with Crippen LogP contribution in [-0.2, 0) is 11.3 Å². The van der Waals surface area contributed by atoms with Crippen LogP contribution in [-0.4, -0.2) is 42.3 Å². The van der Waals surface area contributed by atoms with E-state index in [0.29, 0.717) is 23.1 Å². The zero-order chi connectivity index (χ0) is 21.5. The van der Waals surface area contributed by atoms with Gasteiger partial charge in [0, 0.05) is 24.5 Å². The van der Waals surface area contributed by atoms with Crippen LogP contribution in [0.1, 0.15) is 41.6 Å². The third-order valence-electron chi connectivity index (χ3n) is 4.23. The van der Waals surface area contributed by atoms with Crippen LogP contribution in [0.5, 0.6) is 0 Å². The summed E-state index contributed by atoms with van der Waals surface area (Å²) in [5.41, 5.74) is 1.61. The Morgan fingerprint density at radius 2 is 1.93 bits per heavy atom. The highest BCUT2D eigenvalue weighted by Gasteiger charge is 2.20. The van der Waals surface area contributed by atoms with E-state index in [1.165, 1.54) is 11.8 Å². The third kappa shape index (κ3) is 5.41. The molecule has 30 heavy (non-hydrogen) atoms. The molecule has 0 fully saturated rings. The molecular formula is C20H23N7O2S. The van der Waals surface area contributed by atoms with Crippen LogP contribution in [0.25, 0.3) is 0 Å². The van der Waals surface area contributed by atoms with E-state index in [1.54, 1.807) is 24.5 Å². The maximum absolute atomic E-state index is 12.5. The largest absolute Gasteiger partial charge is 0.342 e. The van der Waals surface area contributed by atoms with E-state index in [9.17, 15) is 9.59 Å². The summed E-state index contributed by atoms with van der Waals surface area (Å²) in [5.74, 6) is 0.619. The fraction of sp³-hybridized carbons (Fsp3) is 0.300. The molecule has 156 valence electrons. The monoisotopic (exact) mass is 425 g/mol. The number of anilines is 1. The summed E-state index contributed by atoms with van der Waals surface area (Å²) in [4.78, 5) is 32.6. The summed E-state index contributed by atoms with van der Waals surface area (Å²) in [6, 6.07) is 8.74. The van der Waals surface area contributed by atoms with Crippen molar-refractivity contribution in [1.29, 1.82) is 0 Å². The van der Waals surface area contributed by atoms with Crippen LogP contribution in [0.15, 0.2) is 47.9 Å². The summed E-state index contributed by atoms with van der Waals surface area (Å²) in [6.07, 6.45) is 3.12. The van der Waals surface area contributed by atoms with Crippen molar-refractivity contribution in [2.75, 3.05) is 11.1 Å². The second-order valence-corrected chi connectivity index (χ2v) is 7.50. The third-order valence-corrected chi connectivity index (χ3v) is 5.19. The molecule has 2 aromatic heterocycles. The number of hydrogen-bond acceptors (Lipinski definition) is 7. The fourth-order valence-corrected chi connectivity index (χ4v) is 3.62. The maximum atomic E-state index is 12.5. The summed E-state index contributed by atoms with van der Waals surface area (Å²) >= 11 is 1.26. The van der Waals surface area contributed by atoms with Gasteiger partial charge in [0.25, 0.3) is 5.91 Å². The highest BCUT2D eigenvalue weighted by molar-refractivity contribution is 7.99. The summed E-state index contributed by atoms with van der Waals surface area (Å²) in [6.45, 7) is 6.37. The van der Waals surface area contributed by atoms with Gasteiger partial charge in [-0.3, -0.25) is 14.9 Å². The standard InChI is InChI=1S/C20H23N7O2S/c1-4-27-17(14(3)23-18(29)15-8-5-7-13(2)11-15)25-26-20(27)30-12-16(28)24-19-21-9-6-10-22-19/h5-11,14H,4,12H2,1-3H3,(H,23,29)(H,21,22,24,28)/t14-/m1/s1. The SMILES string of the molecule is CCn1c(SCC(=O)Nc2ncccn2)nnc1[C@@H](C)NC(=O)c1cccc(C)c1. The average molecular weight is 426 g/mol. The van der Waals surface area contributed by atoms with Crippen molar-refractivity contribution in [2.24, 2.45) is 0 Å². The van der Waals surface area contributed by atoms with E-state index in [2.05, 4.69) is 30.8 Å². The molecule has 10 heteroatoms. The topological polar surface area (TPSA) is 115 Å². The van der Waals surface area contributed by atoms with Gasteiger partial charge in [0.05, 0.1) is 11.8 Å². The molecule has 0 saturated heterocycles. The Morgan fingerprint density at radius 1 is 1.17 bits per heavy atom. The first-order chi connectivity index (χ1) is 14.5. The normalized spacial score (nSPS) is 11.7. The molecule has 2 heterocycles. The Balaban J connectivity index is 1.63. The highest BCUT2D eigenvalue weighted by Crippen LogP contribution is 2.21. The smallest absolute Gasteiger partial charge is 0.251 e. The molecule has 1 aromatic carbocycles.